The molecule has 3 aliphatic rings. The molecule has 0 radical (unpaired) electrons. The summed E-state index contributed by atoms with van der Waals surface area (Å²) in [5.74, 6) is 2.21. The van der Waals surface area contributed by atoms with Gasteiger partial charge in [0.25, 0.3) is 0 Å². The van der Waals surface area contributed by atoms with Gasteiger partial charge < -0.3 is 4.74 Å². The summed E-state index contributed by atoms with van der Waals surface area (Å²) in [6.45, 7) is 4.67. The first-order valence-electron chi connectivity index (χ1n) is 7.63. The number of hydrogen-bond donors (Lipinski definition) is 0. The van der Waals surface area contributed by atoms with Crippen molar-refractivity contribution in [3.05, 3.63) is 11.6 Å². The topological polar surface area (TPSA) is 9.23 Å². The van der Waals surface area contributed by atoms with Gasteiger partial charge in [0.15, 0.2) is 0 Å². The molecule has 1 saturated heterocycles. The van der Waals surface area contributed by atoms with E-state index in [1.165, 1.54) is 44.9 Å². The lowest BCUT2D eigenvalue weighted by atomic mass is 9.67. The summed E-state index contributed by atoms with van der Waals surface area (Å²) in [7, 11) is 0. The van der Waals surface area contributed by atoms with Gasteiger partial charge in [-0.3, -0.25) is 0 Å². The second kappa shape index (κ2) is 4.76. The standard InChI is InChI=1S/C16H26O/c1-11(2)16-14-9-4-3-7-12(14)13-8-5-6-10-15(13)17-16/h7,11,13-16H,3-6,8-10H2,1-2H3/t13-,14-,15-,16+/m1/s1. The molecule has 1 aliphatic heterocycles. The van der Waals surface area contributed by atoms with E-state index in [-0.39, 0.29) is 0 Å². The third-order valence-corrected chi connectivity index (χ3v) is 5.04. The number of ether oxygens (including phenoxy) is 1. The van der Waals surface area contributed by atoms with Crippen LogP contribution >= 0.6 is 0 Å². The summed E-state index contributed by atoms with van der Waals surface area (Å²) in [5.41, 5.74) is 1.80. The van der Waals surface area contributed by atoms with Crippen LogP contribution in [0, 0.1) is 17.8 Å². The van der Waals surface area contributed by atoms with Crippen LogP contribution in [0.3, 0.4) is 0 Å². The fourth-order valence-electron chi connectivity index (χ4n) is 4.26. The minimum Gasteiger partial charge on any atom is -0.373 e. The van der Waals surface area contributed by atoms with Crippen molar-refractivity contribution in [2.45, 2.75) is 71.0 Å². The average Bonchev–Trinajstić information content (AvgIpc) is 2.37. The molecule has 96 valence electrons. The maximum absolute atomic E-state index is 6.48. The van der Waals surface area contributed by atoms with Crippen LogP contribution < -0.4 is 0 Å². The Balaban J connectivity index is 1.88. The molecule has 0 N–H and O–H groups in total. The van der Waals surface area contributed by atoms with E-state index >= 15 is 0 Å². The smallest absolute Gasteiger partial charge is 0.0667 e. The highest BCUT2D eigenvalue weighted by molar-refractivity contribution is 5.20. The summed E-state index contributed by atoms with van der Waals surface area (Å²) in [6, 6.07) is 0. The normalized spacial score (nSPS) is 41.7. The van der Waals surface area contributed by atoms with Gasteiger partial charge in [-0.15, -0.1) is 0 Å². The van der Waals surface area contributed by atoms with E-state index < -0.39 is 0 Å². The highest BCUT2D eigenvalue weighted by Gasteiger charge is 2.43. The van der Waals surface area contributed by atoms with E-state index in [0.717, 1.165) is 11.8 Å². The molecule has 4 atom stereocenters. The van der Waals surface area contributed by atoms with Crippen LogP contribution in [0.25, 0.3) is 0 Å². The molecule has 17 heavy (non-hydrogen) atoms. The average molecular weight is 234 g/mol. The fourth-order valence-corrected chi connectivity index (χ4v) is 4.26. The van der Waals surface area contributed by atoms with Crippen molar-refractivity contribution in [1.82, 2.24) is 0 Å². The fraction of sp³-hybridized carbons (Fsp3) is 0.875. The molecule has 1 saturated carbocycles. The molecule has 0 aromatic carbocycles. The molecule has 0 aromatic heterocycles. The first-order valence-corrected chi connectivity index (χ1v) is 7.63. The van der Waals surface area contributed by atoms with Gasteiger partial charge >= 0.3 is 0 Å². The minimum absolute atomic E-state index is 0.501. The lowest BCUT2D eigenvalue weighted by molar-refractivity contribution is -0.121. The zero-order chi connectivity index (χ0) is 11.8. The lowest BCUT2D eigenvalue weighted by Crippen LogP contribution is -2.47. The Morgan fingerprint density at radius 3 is 2.65 bits per heavy atom. The van der Waals surface area contributed by atoms with Gasteiger partial charge in [0, 0.05) is 11.8 Å². The molecule has 0 bridgehead atoms. The Kier molecular flexibility index (Phi) is 3.30. The lowest BCUT2D eigenvalue weighted by Gasteiger charge is -2.48. The van der Waals surface area contributed by atoms with E-state index in [0.29, 0.717) is 18.1 Å². The van der Waals surface area contributed by atoms with Crippen molar-refractivity contribution in [2.24, 2.45) is 17.8 Å². The maximum atomic E-state index is 6.48. The second-order valence-corrected chi connectivity index (χ2v) is 6.52. The molecule has 2 aliphatic carbocycles. The first-order chi connectivity index (χ1) is 8.27. The van der Waals surface area contributed by atoms with E-state index in [9.17, 15) is 0 Å². The van der Waals surface area contributed by atoms with Gasteiger partial charge in [-0.2, -0.15) is 0 Å². The third kappa shape index (κ3) is 2.07. The van der Waals surface area contributed by atoms with E-state index in [1.54, 1.807) is 5.57 Å². The minimum atomic E-state index is 0.501. The molecule has 0 spiro atoms. The zero-order valence-electron chi connectivity index (χ0n) is 11.3. The number of hydrogen-bond acceptors (Lipinski definition) is 1. The van der Waals surface area contributed by atoms with Crippen molar-refractivity contribution in [1.29, 1.82) is 0 Å². The van der Waals surface area contributed by atoms with Gasteiger partial charge in [0.05, 0.1) is 12.2 Å². The zero-order valence-corrected chi connectivity index (χ0v) is 11.3. The Bertz CT molecular complexity index is 305. The molecule has 2 fully saturated rings. The van der Waals surface area contributed by atoms with Gasteiger partial charge in [0.1, 0.15) is 0 Å². The number of fused-ring (bicyclic) bond motifs is 3. The summed E-state index contributed by atoms with van der Waals surface area (Å²) < 4.78 is 6.48. The Hall–Kier alpha value is -0.300. The molecular formula is C16H26O. The van der Waals surface area contributed by atoms with Gasteiger partial charge in [-0.25, -0.2) is 0 Å². The predicted octanol–water partition coefficient (Wildman–Crippen LogP) is 4.33. The third-order valence-electron chi connectivity index (χ3n) is 5.04. The van der Waals surface area contributed by atoms with Crippen LogP contribution in [0.2, 0.25) is 0 Å². The second-order valence-electron chi connectivity index (χ2n) is 6.52. The van der Waals surface area contributed by atoms with Crippen LogP contribution in [-0.2, 0) is 4.74 Å². The molecule has 1 nitrogen and oxygen atoms in total. The summed E-state index contributed by atoms with van der Waals surface area (Å²) in [6.07, 6.45) is 13.2. The van der Waals surface area contributed by atoms with Crippen LogP contribution in [-0.4, -0.2) is 12.2 Å². The van der Waals surface area contributed by atoms with Crippen LogP contribution in [0.15, 0.2) is 11.6 Å². The van der Waals surface area contributed by atoms with Crippen molar-refractivity contribution in [3.8, 4) is 0 Å². The quantitative estimate of drug-likeness (QED) is 0.614. The van der Waals surface area contributed by atoms with Crippen LogP contribution in [0.1, 0.15) is 58.8 Å². The predicted molar refractivity (Wildman–Crippen MR) is 70.9 cm³/mol. The monoisotopic (exact) mass is 234 g/mol. The van der Waals surface area contributed by atoms with Gasteiger partial charge in [-0.1, -0.05) is 38.3 Å². The Morgan fingerprint density at radius 1 is 1.06 bits per heavy atom. The maximum Gasteiger partial charge on any atom is 0.0667 e. The molecule has 1 heteroatoms. The summed E-state index contributed by atoms with van der Waals surface area (Å²) in [5, 5.41) is 0. The number of allylic oxidation sites excluding steroid dienone is 1. The van der Waals surface area contributed by atoms with Crippen molar-refractivity contribution < 1.29 is 4.74 Å². The molecule has 0 amide bonds. The van der Waals surface area contributed by atoms with Crippen molar-refractivity contribution >= 4 is 0 Å². The molecule has 0 unspecified atom stereocenters. The van der Waals surface area contributed by atoms with Crippen LogP contribution in [0.4, 0.5) is 0 Å². The van der Waals surface area contributed by atoms with Gasteiger partial charge in [-0.05, 0) is 38.0 Å². The molecular weight excluding hydrogens is 208 g/mol. The van der Waals surface area contributed by atoms with Crippen molar-refractivity contribution in [3.63, 3.8) is 0 Å². The molecule has 1 heterocycles. The number of rotatable bonds is 1. The highest BCUT2D eigenvalue weighted by Crippen LogP contribution is 2.47. The Morgan fingerprint density at radius 2 is 1.82 bits per heavy atom. The van der Waals surface area contributed by atoms with Crippen LogP contribution in [0.5, 0.6) is 0 Å². The van der Waals surface area contributed by atoms with Crippen molar-refractivity contribution in [2.75, 3.05) is 0 Å². The molecule has 0 aromatic rings. The SMILES string of the molecule is CC(C)[C@@H]1O[C@@H]2CCCC[C@@H]2C2=CCCC[C@H]21. The largest absolute Gasteiger partial charge is 0.373 e. The highest BCUT2D eigenvalue weighted by atomic mass is 16.5. The Labute approximate surface area is 106 Å². The van der Waals surface area contributed by atoms with Gasteiger partial charge in [0.2, 0.25) is 0 Å². The summed E-state index contributed by atoms with van der Waals surface area (Å²) in [4.78, 5) is 0. The molecule has 3 rings (SSSR count). The summed E-state index contributed by atoms with van der Waals surface area (Å²) >= 11 is 0. The first kappa shape index (κ1) is 11.8. The van der Waals surface area contributed by atoms with E-state index in [4.69, 9.17) is 4.74 Å². The van der Waals surface area contributed by atoms with E-state index in [2.05, 4.69) is 19.9 Å². The van der Waals surface area contributed by atoms with E-state index in [1.807, 2.05) is 0 Å².